The van der Waals surface area contributed by atoms with Gasteiger partial charge in [0.05, 0.1) is 23.7 Å². The van der Waals surface area contributed by atoms with Gasteiger partial charge in [0, 0.05) is 12.1 Å². The molecule has 0 spiro atoms. The highest BCUT2D eigenvalue weighted by atomic mass is 35.5. The second kappa shape index (κ2) is 13.0. The van der Waals surface area contributed by atoms with Crippen molar-refractivity contribution in [2.75, 3.05) is 13.1 Å². The first-order chi connectivity index (χ1) is 19.6. The Morgan fingerprint density at radius 1 is 0.738 bits per heavy atom. The number of rotatable bonds is 8. The molecule has 0 fully saturated rings. The summed E-state index contributed by atoms with van der Waals surface area (Å²) in [6.45, 7) is 0.929. The lowest BCUT2D eigenvalue weighted by molar-refractivity contribution is -0.139. The third-order valence-corrected chi connectivity index (χ3v) is 6.72. The van der Waals surface area contributed by atoms with Gasteiger partial charge >= 0.3 is 12.4 Å². The number of hydrogen-bond acceptors (Lipinski definition) is 4. The van der Waals surface area contributed by atoms with E-state index in [9.17, 15) is 26.3 Å². The van der Waals surface area contributed by atoms with Crippen LogP contribution in [0, 0.1) is 0 Å². The maximum atomic E-state index is 13.6. The molecule has 4 aromatic rings. The lowest BCUT2D eigenvalue weighted by atomic mass is 9.89. The summed E-state index contributed by atoms with van der Waals surface area (Å²) in [4.78, 5) is 0. The molecule has 0 bridgehead atoms. The first-order valence-electron chi connectivity index (χ1n) is 12.8. The second-order valence-corrected chi connectivity index (χ2v) is 9.43. The molecule has 1 aliphatic heterocycles. The van der Waals surface area contributed by atoms with Crippen LogP contribution in [0.25, 0.3) is 16.7 Å². The van der Waals surface area contributed by atoms with Crippen molar-refractivity contribution in [2.45, 2.75) is 32.0 Å². The number of nitrogens with one attached hydrogen (secondary N) is 1. The third kappa shape index (κ3) is 7.11. The summed E-state index contributed by atoms with van der Waals surface area (Å²) in [5.41, 5.74) is 2.33. The highest BCUT2D eigenvalue weighted by Gasteiger charge is 2.35. The number of para-hydroxylation sites is 2. The first kappa shape index (κ1) is 31.1. The van der Waals surface area contributed by atoms with Crippen molar-refractivity contribution in [1.29, 1.82) is 0 Å². The van der Waals surface area contributed by atoms with Crippen molar-refractivity contribution in [3.63, 3.8) is 0 Å². The molecule has 0 aliphatic carbocycles. The molecule has 0 unspecified atom stereocenters. The van der Waals surface area contributed by atoms with Gasteiger partial charge in [-0.05, 0) is 83.3 Å². The van der Waals surface area contributed by atoms with Crippen molar-refractivity contribution in [3.05, 3.63) is 113 Å². The van der Waals surface area contributed by atoms with Crippen molar-refractivity contribution < 1.29 is 40.2 Å². The van der Waals surface area contributed by atoms with E-state index in [0.29, 0.717) is 41.8 Å². The van der Waals surface area contributed by atoms with Crippen LogP contribution in [0.1, 0.15) is 34.2 Å². The average Bonchev–Trinajstić information content (AvgIpc) is 3.50. The lowest BCUT2D eigenvalue weighted by Gasteiger charge is -2.22. The Kier molecular flexibility index (Phi) is 9.58. The lowest BCUT2D eigenvalue weighted by Crippen LogP contribution is -2.20. The van der Waals surface area contributed by atoms with E-state index >= 15 is 0 Å². The largest absolute Gasteiger partial charge is 0.488 e. The standard InChI is InChI=1S/C31H25F6NO3.ClH/c32-30(33,34)26-5-1-3-7-28(26)40-18-22-16-25(21-11-14-39-17-21)23(15-24(22)20-9-12-38-13-10-20)19-41-29-8-4-2-6-27(29)31(35,36)37;/h1-9,11,14-17,38H,10,12-13,18-19H2;1H. The number of furan rings is 1. The van der Waals surface area contributed by atoms with Crippen LogP contribution in [-0.4, -0.2) is 13.1 Å². The predicted octanol–water partition coefficient (Wildman–Crippen LogP) is 8.94. The molecule has 0 atom stereocenters. The number of benzene rings is 3. The van der Waals surface area contributed by atoms with Crippen molar-refractivity contribution in [1.82, 2.24) is 5.32 Å². The van der Waals surface area contributed by atoms with E-state index in [1.54, 1.807) is 12.1 Å². The summed E-state index contributed by atoms with van der Waals surface area (Å²) in [5.74, 6) is -0.608. The van der Waals surface area contributed by atoms with Crippen LogP contribution in [0.2, 0.25) is 0 Å². The molecule has 222 valence electrons. The molecule has 0 amide bonds. The Labute approximate surface area is 244 Å². The fraction of sp³-hybridized carbons (Fsp3) is 0.226. The zero-order valence-corrected chi connectivity index (χ0v) is 22.8. The molecule has 5 rings (SSSR count). The van der Waals surface area contributed by atoms with Crippen LogP contribution in [0.15, 0.2) is 89.7 Å². The Morgan fingerprint density at radius 2 is 1.29 bits per heavy atom. The van der Waals surface area contributed by atoms with E-state index in [1.165, 1.54) is 48.9 Å². The first-order valence-corrected chi connectivity index (χ1v) is 12.8. The summed E-state index contributed by atoms with van der Waals surface area (Å²) in [6, 6.07) is 15.2. The molecule has 1 aliphatic rings. The smallest absolute Gasteiger partial charge is 0.419 e. The molecule has 11 heteroatoms. The molecule has 4 nitrogen and oxygen atoms in total. The van der Waals surface area contributed by atoms with Gasteiger partial charge in [0.25, 0.3) is 0 Å². The van der Waals surface area contributed by atoms with Gasteiger partial charge in [0.1, 0.15) is 24.7 Å². The molecule has 3 aromatic carbocycles. The summed E-state index contributed by atoms with van der Waals surface area (Å²) in [5, 5.41) is 3.22. The van der Waals surface area contributed by atoms with Gasteiger partial charge in [-0.15, -0.1) is 12.4 Å². The second-order valence-electron chi connectivity index (χ2n) is 9.43. The van der Waals surface area contributed by atoms with Gasteiger partial charge < -0.3 is 19.2 Å². The zero-order valence-electron chi connectivity index (χ0n) is 22.0. The van der Waals surface area contributed by atoms with Gasteiger partial charge in [0.2, 0.25) is 0 Å². The maximum absolute atomic E-state index is 13.6. The van der Waals surface area contributed by atoms with Gasteiger partial charge in [-0.1, -0.05) is 30.3 Å². The van der Waals surface area contributed by atoms with E-state index in [2.05, 4.69) is 5.32 Å². The fourth-order valence-electron chi connectivity index (χ4n) is 4.75. The zero-order chi connectivity index (χ0) is 29.0. The van der Waals surface area contributed by atoms with Crippen molar-refractivity contribution in [3.8, 4) is 22.6 Å². The number of hydrogen-bond donors (Lipinski definition) is 1. The molecule has 42 heavy (non-hydrogen) atoms. The Bertz CT molecular complexity index is 1530. The van der Waals surface area contributed by atoms with Crippen molar-refractivity contribution in [2.24, 2.45) is 0 Å². The molecule has 1 aromatic heterocycles. The fourth-order valence-corrected chi connectivity index (χ4v) is 4.75. The minimum atomic E-state index is -4.59. The number of alkyl halides is 6. The average molecular weight is 610 g/mol. The molecule has 2 heterocycles. The number of halogens is 7. The maximum Gasteiger partial charge on any atom is 0.419 e. The molecule has 0 saturated heterocycles. The van der Waals surface area contributed by atoms with Crippen LogP contribution in [-0.2, 0) is 25.6 Å². The highest BCUT2D eigenvalue weighted by molar-refractivity contribution is 5.85. The van der Waals surface area contributed by atoms with E-state index in [0.717, 1.165) is 23.3 Å². The minimum Gasteiger partial charge on any atom is -0.488 e. The molecule has 1 N–H and O–H groups in total. The summed E-state index contributed by atoms with van der Waals surface area (Å²) < 4.78 is 98.2. The number of ether oxygens (including phenoxy) is 2. The van der Waals surface area contributed by atoms with Crippen LogP contribution in [0.3, 0.4) is 0 Å². The van der Waals surface area contributed by atoms with Gasteiger partial charge in [0.15, 0.2) is 0 Å². The van der Waals surface area contributed by atoms with Gasteiger partial charge in [-0.25, -0.2) is 0 Å². The van der Waals surface area contributed by atoms with E-state index in [4.69, 9.17) is 13.9 Å². The summed E-state index contributed by atoms with van der Waals surface area (Å²) >= 11 is 0. The SMILES string of the molecule is Cl.FC(F)(F)c1ccccc1OCc1cc(-c2ccoc2)c(COc2ccccc2C(F)(F)F)cc1C1=CCNCC1. The molecule has 0 saturated carbocycles. The van der Waals surface area contributed by atoms with Crippen LogP contribution < -0.4 is 14.8 Å². The highest BCUT2D eigenvalue weighted by Crippen LogP contribution is 2.39. The van der Waals surface area contributed by atoms with Crippen molar-refractivity contribution >= 4 is 18.0 Å². The Morgan fingerprint density at radius 3 is 1.79 bits per heavy atom. The monoisotopic (exact) mass is 609 g/mol. The quantitative estimate of drug-likeness (QED) is 0.203. The summed E-state index contributed by atoms with van der Waals surface area (Å²) in [6.07, 6.45) is -3.62. The van der Waals surface area contributed by atoms with E-state index in [1.807, 2.05) is 12.1 Å². The van der Waals surface area contributed by atoms with Crippen LogP contribution in [0.5, 0.6) is 11.5 Å². The predicted molar refractivity (Wildman–Crippen MR) is 148 cm³/mol. The van der Waals surface area contributed by atoms with Gasteiger partial charge in [-0.2, -0.15) is 26.3 Å². The molecule has 0 radical (unpaired) electrons. The van der Waals surface area contributed by atoms with E-state index in [-0.39, 0.29) is 37.1 Å². The van der Waals surface area contributed by atoms with Crippen LogP contribution >= 0.6 is 12.4 Å². The topological polar surface area (TPSA) is 43.6 Å². The normalized spacial score (nSPS) is 13.7. The summed E-state index contributed by atoms with van der Waals surface area (Å²) in [7, 11) is 0. The molecular weight excluding hydrogens is 584 g/mol. The van der Waals surface area contributed by atoms with Gasteiger partial charge in [-0.3, -0.25) is 0 Å². The Balaban J connectivity index is 0.00000405. The van der Waals surface area contributed by atoms with E-state index < -0.39 is 23.5 Å². The Hall–Kier alpha value is -3.89. The third-order valence-electron chi connectivity index (χ3n) is 6.72. The minimum absolute atomic E-state index is 0. The molecular formula is C31H26ClF6NO3. The van der Waals surface area contributed by atoms with Crippen LogP contribution in [0.4, 0.5) is 26.3 Å².